The number of carbonyl (C=O) groups excluding carboxylic acids is 1. The highest BCUT2D eigenvalue weighted by atomic mass is 35.5. The quantitative estimate of drug-likeness (QED) is 0.848. The van der Waals surface area contributed by atoms with Crippen molar-refractivity contribution in [1.82, 2.24) is 5.32 Å². The van der Waals surface area contributed by atoms with Gasteiger partial charge < -0.3 is 10.6 Å². The lowest BCUT2D eigenvalue weighted by atomic mass is 10.1. The van der Waals surface area contributed by atoms with Crippen molar-refractivity contribution in [3.05, 3.63) is 29.3 Å². The summed E-state index contributed by atoms with van der Waals surface area (Å²) in [5, 5.41) is 6.11. The topological polar surface area (TPSA) is 75.3 Å². The highest BCUT2D eigenvalue weighted by Crippen LogP contribution is 2.14. The molecule has 0 unspecified atom stereocenters. The van der Waals surface area contributed by atoms with Crippen molar-refractivity contribution in [1.29, 1.82) is 0 Å². The molecular formula is C12H15ClN2O3S. The summed E-state index contributed by atoms with van der Waals surface area (Å²) in [5.41, 5.74) is 0.537. The van der Waals surface area contributed by atoms with Crippen molar-refractivity contribution in [3.8, 4) is 0 Å². The monoisotopic (exact) mass is 302 g/mol. The summed E-state index contributed by atoms with van der Waals surface area (Å²) in [5.74, 6) is -0.803. The molecule has 1 amide bonds. The molecule has 1 aliphatic rings. The Balaban J connectivity index is 1.87. The molecule has 0 saturated carbocycles. The number of sulfone groups is 1. The van der Waals surface area contributed by atoms with E-state index < -0.39 is 21.5 Å². The lowest BCUT2D eigenvalue weighted by Crippen LogP contribution is -2.46. The molecule has 19 heavy (non-hydrogen) atoms. The van der Waals surface area contributed by atoms with E-state index in [-0.39, 0.29) is 11.7 Å². The molecular weight excluding hydrogens is 288 g/mol. The van der Waals surface area contributed by atoms with Crippen LogP contribution in [0.4, 0.5) is 5.69 Å². The van der Waals surface area contributed by atoms with Gasteiger partial charge in [0.05, 0.1) is 5.75 Å². The first-order valence-corrected chi connectivity index (χ1v) is 8.11. The van der Waals surface area contributed by atoms with Crippen molar-refractivity contribution < 1.29 is 13.2 Å². The molecule has 1 saturated heterocycles. The van der Waals surface area contributed by atoms with Crippen LogP contribution in [0, 0.1) is 5.92 Å². The van der Waals surface area contributed by atoms with Crippen LogP contribution in [0.3, 0.4) is 0 Å². The third kappa shape index (κ3) is 4.49. The van der Waals surface area contributed by atoms with E-state index in [1.54, 1.807) is 24.3 Å². The van der Waals surface area contributed by atoms with E-state index in [1.165, 1.54) is 0 Å². The van der Waals surface area contributed by atoms with Crippen molar-refractivity contribution in [3.63, 3.8) is 0 Å². The zero-order chi connectivity index (χ0) is 13.9. The SMILES string of the molecule is O=C(CS(=O)(=O)CC1CNC1)Nc1ccc(Cl)cc1. The van der Waals surface area contributed by atoms with E-state index in [0.717, 1.165) is 0 Å². The number of nitrogens with one attached hydrogen (secondary N) is 2. The Hall–Kier alpha value is -1.11. The molecule has 1 aliphatic heterocycles. The zero-order valence-electron chi connectivity index (χ0n) is 10.2. The number of amides is 1. The Morgan fingerprint density at radius 3 is 2.47 bits per heavy atom. The van der Waals surface area contributed by atoms with Gasteiger partial charge in [0.2, 0.25) is 5.91 Å². The van der Waals surface area contributed by atoms with E-state index in [0.29, 0.717) is 23.8 Å². The van der Waals surface area contributed by atoms with Crippen molar-refractivity contribution in [2.75, 3.05) is 29.9 Å². The Kier molecular flexibility index (Phi) is 4.44. The van der Waals surface area contributed by atoms with Gasteiger partial charge in [0.1, 0.15) is 5.75 Å². The average Bonchev–Trinajstić information content (AvgIpc) is 2.26. The number of anilines is 1. The van der Waals surface area contributed by atoms with Gasteiger partial charge in [0.25, 0.3) is 0 Å². The molecule has 0 aromatic heterocycles. The Labute approximate surface area is 117 Å². The molecule has 5 nitrogen and oxygen atoms in total. The van der Waals surface area contributed by atoms with Gasteiger partial charge in [-0.25, -0.2) is 8.42 Å². The third-order valence-electron chi connectivity index (χ3n) is 2.83. The zero-order valence-corrected chi connectivity index (χ0v) is 11.8. The first kappa shape index (κ1) is 14.3. The first-order valence-electron chi connectivity index (χ1n) is 5.91. The van der Waals surface area contributed by atoms with Gasteiger partial charge in [-0.1, -0.05) is 11.6 Å². The van der Waals surface area contributed by atoms with Crippen LogP contribution in [-0.4, -0.2) is 38.9 Å². The van der Waals surface area contributed by atoms with Gasteiger partial charge in [0, 0.05) is 23.8 Å². The fourth-order valence-electron chi connectivity index (χ4n) is 1.81. The maximum atomic E-state index is 11.8. The van der Waals surface area contributed by atoms with Gasteiger partial charge in [-0.3, -0.25) is 4.79 Å². The van der Waals surface area contributed by atoms with Gasteiger partial charge in [-0.15, -0.1) is 0 Å². The fraction of sp³-hybridized carbons (Fsp3) is 0.417. The van der Waals surface area contributed by atoms with Crippen LogP contribution < -0.4 is 10.6 Å². The molecule has 0 spiro atoms. The lowest BCUT2D eigenvalue weighted by Gasteiger charge is -2.26. The molecule has 2 rings (SSSR count). The van der Waals surface area contributed by atoms with Gasteiger partial charge >= 0.3 is 0 Å². The molecule has 1 aromatic carbocycles. The summed E-state index contributed by atoms with van der Waals surface area (Å²) in [4.78, 5) is 11.7. The number of hydrogen-bond donors (Lipinski definition) is 2. The van der Waals surface area contributed by atoms with Crippen molar-refractivity contribution in [2.24, 2.45) is 5.92 Å². The van der Waals surface area contributed by atoms with Crippen LogP contribution in [0.5, 0.6) is 0 Å². The average molecular weight is 303 g/mol. The standard InChI is InChI=1S/C12H15ClN2O3S/c13-10-1-3-11(4-2-10)15-12(16)8-19(17,18)7-9-5-14-6-9/h1-4,9,14H,5-8H2,(H,15,16). The molecule has 2 N–H and O–H groups in total. The van der Waals surface area contributed by atoms with Crippen LogP contribution in [0.2, 0.25) is 5.02 Å². The number of benzene rings is 1. The second kappa shape index (κ2) is 5.90. The predicted octanol–water partition coefficient (Wildman–Crippen LogP) is 0.913. The number of rotatable bonds is 5. The number of halogens is 1. The normalized spacial score (nSPS) is 15.8. The van der Waals surface area contributed by atoms with Gasteiger partial charge in [-0.2, -0.15) is 0 Å². The fourth-order valence-corrected chi connectivity index (χ4v) is 3.48. The second-order valence-electron chi connectivity index (χ2n) is 4.63. The van der Waals surface area contributed by atoms with Gasteiger partial charge in [-0.05, 0) is 30.2 Å². The van der Waals surface area contributed by atoms with Crippen molar-refractivity contribution >= 4 is 33.0 Å². The van der Waals surface area contributed by atoms with E-state index in [4.69, 9.17) is 11.6 Å². The summed E-state index contributed by atoms with van der Waals surface area (Å²) >= 11 is 5.72. The van der Waals surface area contributed by atoms with Crippen molar-refractivity contribution in [2.45, 2.75) is 0 Å². The largest absolute Gasteiger partial charge is 0.325 e. The molecule has 7 heteroatoms. The molecule has 1 heterocycles. The first-order chi connectivity index (χ1) is 8.94. The molecule has 1 aromatic rings. The molecule has 0 bridgehead atoms. The van der Waals surface area contributed by atoms with Crippen LogP contribution >= 0.6 is 11.6 Å². The van der Waals surface area contributed by atoms with Crippen LogP contribution in [-0.2, 0) is 14.6 Å². The van der Waals surface area contributed by atoms with E-state index in [9.17, 15) is 13.2 Å². The van der Waals surface area contributed by atoms with Crippen LogP contribution in [0.15, 0.2) is 24.3 Å². The Morgan fingerprint density at radius 1 is 1.32 bits per heavy atom. The van der Waals surface area contributed by atoms with Crippen LogP contribution in [0.1, 0.15) is 0 Å². The van der Waals surface area contributed by atoms with Gasteiger partial charge in [0.15, 0.2) is 9.84 Å². The summed E-state index contributed by atoms with van der Waals surface area (Å²) < 4.78 is 23.6. The number of hydrogen-bond acceptors (Lipinski definition) is 4. The highest BCUT2D eigenvalue weighted by molar-refractivity contribution is 7.92. The lowest BCUT2D eigenvalue weighted by molar-refractivity contribution is -0.113. The minimum Gasteiger partial charge on any atom is -0.325 e. The molecule has 104 valence electrons. The summed E-state index contributed by atoms with van der Waals surface area (Å²) in [6.07, 6.45) is 0. The second-order valence-corrected chi connectivity index (χ2v) is 7.18. The maximum absolute atomic E-state index is 11.8. The summed E-state index contributed by atoms with van der Waals surface area (Å²) in [6.45, 7) is 1.41. The summed E-state index contributed by atoms with van der Waals surface area (Å²) in [6, 6.07) is 6.52. The Morgan fingerprint density at radius 2 is 1.95 bits per heavy atom. The number of carbonyl (C=O) groups is 1. The van der Waals surface area contributed by atoms with E-state index in [1.807, 2.05) is 0 Å². The smallest absolute Gasteiger partial charge is 0.239 e. The van der Waals surface area contributed by atoms with E-state index >= 15 is 0 Å². The minimum atomic E-state index is -3.35. The summed E-state index contributed by atoms with van der Waals surface area (Å²) in [7, 11) is -3.35. The predicted molar refractivity (Wildman–Crippen MR) is 75.1 cm³/mol. The van der Waals surface area contributed by atoms with E-state index in [2.05, 4.69) is 10.6 Å². The third-order valence-corrected chi connectivity index (χ3v) is 4.77. The maximum Gasteiger partial charge on any atom is 0.239 e. The minimum absolute atomic E-state index is 0.0635. The molecule has 0 atom stereocenters. The Bertz CT molecular complexity index is 553. The molecule has 0 radical (unpaired) electrons. The van der Waals surface area contributed by atoms with Crippen LogP contribution in [0.25, 0.3) is 0 Å². The molecule has 1 fully saturated rings. The molecule has 0 aliphatic carbocycles. The highest BCUT2D eigenvalue weighted by Gasteiger charge is 2.26.